The maximum Gasteiger partial charge on any atom is 0.107 e. The second-order valence-corrected chi connectivity index (χ2v) is 8.02. The van der Waals surface area contributed by atoms with E-state index in [1.54, 1.807) is 0 Å². The molecule has 0 saturated carbocycles. The molecule has 0 bridgehead atoms. The number of rotatable bonds is 5. The molecule has 0 fully saturated rings. The molecule has 0 aromatic carbocycles. The summed E-state index contributed by atoms with van der Waals surface area (Å²) in [5.74, 6) is 0. The summed E-state index contributed by atoms with van der Waals surface area (Å²) >= 11 is 1.82. The van der Waals surface area contributed by atoms with Crippen LogP contribution in [-0.2, 0) is 12.0 Å². The molecule has 104 valence electrons. The lowest BCUT2D eigenvalue weighted by molar-refractivity contribution is 0.209. The summed E-state index contributed by atoms with van der Waals surface area (Å²) in [4.78, 5) is 8.18. The van der Waals surface area contributed by atoms with Crippen molar-refractivity contribution in [3.8, 4) is 0 Å². The van der Waals surface area contributed by atoms with E-state index in [-0.39, 0.29) is 10.8 Å². The molecule has 18 heavy (non-hydrogen) atoms. The number of aromatic nitrogens is 1. The first-order valence-corrected chi connectivity index (χ1v) is 7.29. The molecule has 0 aliphatic heterocycles. The van der Waals surface area contributed by atoms with Gasteiger partial charge in [-0.15, -0.1) is 11.3 Å². The number of thiazole rings is 1. The third-order valence-corrected chi connectivity index (χ3v) is 4.36. The third kappa shape index (κ3) is 4.67. The van der Waals surface area contributed by atoms with E-state index in [9.17, 15) is 0 Å². The molecule has 4 heteroatoms. The van der Waals surface area contributed by atoms with Gasteiger partial charge in [0.05, 0.1) is 6.54 Å². The molecule has 2 N–H and O–H groups in total. The van der Waals surface area contributed by atoms with Crippen LogP contribution in [0.15, 0.2) is 6.20 Å². The van der Waals surface area contributed by atoms with Gasteiger partial charge in [-0.05, 0) is 24.4 Å². The van der Waals surface area contributed by atoms with Crippen molar-refractivity contribution in [2.75, 3.05) is 20.1 Å². The van der Waals surface area contributed by atoms with E-state index < -0.39 is 0 Å². The lowest BCUT2D eigenvalue weighted by Gasteiger charge is -2.28. The third-order valence-electron chi connectivity index (χ3n) is 2.95. The van der Waals surface area contributed by atoms with Crippen LogP contribution >= 0.6 is 11.3 Å². The van der Waals surface area contributed by atoms with Gasteiger partial charge in [0.25, 0.3) is 0 Å². The fourth-order valence-corrected chi connectivity index (χ4v) is 2.87. The molecule has 1 aromatic heterocycles. The monoisotopic (exact) mass is 269 g/mol. The minimum atomic E-state index is 0.166. The van der Waals surface area contributed by atoms with Crippen molar-refractivity contribution in [3.05, 3.63) is 16.1 Å². The molecule has 0 unspecified atom stereocenters. The van der Waals surface area contributed by atoms with Crippen LogP contribution < -0.4 is 5.73 Å². The lowest BCUT2D eigenvalue weighted by atomic mass is 9.93. The average molecular weight is 269 g/mol. The number of nitrogens with two attached hydrogens (primary N) is 1. The van der Waals surface area contributed by atoms with Gasteiger partial charge < -0.3 is 5.73 Å². The Bertz CT molecular complexity index is 377. The smallest absolute Gasteiger partial charge is 0.107 e. The summed E-state index contributed by atoms with van der Waals surface area (Å²) in [5, 5.41) is 1.19. The van der Waals surface area contributed by atoms with Gasteiger partial charge >= 0.3 is 0 Å². The van der Waals surface area contributed by atoms with Gasteiger partial charge in [0.1, 0.15) is 5.01 Å². The molecule has 0 amide bonds. The maximum absolute atomic E-state index is 5.77. The molecule has 0 aliphatic rings. The normalized spacial score (nSPS) is 13.3. The fraction of sp³-hybridized carbons (Fsp3) is 0.786. The first kappa shape index (κ1) is 15.6. The Kier molecular flexibility index (Phi) is 4.92. The van der Waals surface area contributed by atoms with E-state index in [1.165, 1.54) is 9.88 Å². The summed E-state index contributed by atoms with van der Waals surface area (Å²) in [6.07, 6.45) is 2.02. The van der Waals surface area contributed by atoms with Gasteiger partial charge in [-0.3, -0.25) is 4.90 Å². The van der Waals surface area contributed by atoms with Crippen LogP contribution in [0.3, 0.4) is 0 Å². The van der Waals surface area contributed by atoms with E-state index in [2.05, 4.69) is 51.6 Å². The van der Waals surface area contributed by atoms with E-state index in [1.807, 2.05) is 17.5 Å². The SMILES string of the molecule is CN(Cc1ncc(C(C)(C)C)s1)CC(C)(C)CN. The average Bonchev–Trinajstić information content (AvgIpc) is 2.64. The minimum absolute atomic E-state index is 0.166. The highest BCUT2D eigenvalue weighted by atomic mass is 32.1. The Balaban J connectivity index is 2.60. The number of nitrogens with zero attached hydrogens (tertiary/aromatic N) is 2. The predicted octanol–water partition coefficient (Wildman–Crippen LogP) is 2.86. The Labute approximate surface area is 115 Å². The fourth-order valence-electron chi connectivity index (χ4n) is 1.81. The molecule has 3 nitrogen and oxygen atoms in total. The van der Waals surface area contributed by atoms with Gasteiger partial charge in [0.15, 0.2) is 0 Å². The number of hydrogen-bond donors (Lipinski definition) is 1. The summed E-state index contributed by atoms with van der Waals surface area (Å²) in [5.41, 5.74) is 6.13. The zero-order chi connectivity index (χ0) is 14.0. The minimum Gasteiger partial charge on any atom is -0.330 e. The van der Waals surface area contributed by atoms with Crippen LogP contribution in [-0.4, -0.2) is 30.0 Å². The van der Waals surface area contributed by atoms with Crippen molar-refractivity contribution < 1.29 is 0 Å². The molecular weight excluding hydrogens is 242 g/mol. The highest BCUT2D eigenvalue weighted by Gasteiger charge is 2.20. The van der Waals surface area contributed by atoms with Crippen LogP contribution in [0.5, 0.6) is 0 Å². The second-order valence-electron chi connectivity index (χ2n) is 6.91. The Hall–Kier alpha value is -0.450. The highest BCUT2D eigenvalue weighted by molar-refractivity contribution is 7.11. The standard InChI is InChI=1S/C14H27N3S/c1-13(2,3)11-7-16-12(18-11)8-17(6)10-14(4,5)9-15/h7H,8-10,15H2,1-6H3. The second kappa shape index (κ2) is 5.68. The first-order valence-electron chi connectivity index (χ1n) is 6.48. The zero-order valence-electron chi connectivity index (χ0n) is 12.6. The van der Waals surface area contributed by atoms with Crippen molar-refractivity contribution >= 4 is 11.3 Å². The van der Waals surface area contributed by atoms with Gasteiger partial charge in [0, 0.05) is 17.6 Å². The van der Waals surface area contributed by atoms with E-state index in [0.717, 1.165) is 13.1 Å². The molecule has 0 radical (unpaired) electrons. The van der Waals surface area contributed by atoms with Gasteiger partial charge in [-0.25, -0.2) is 4.98 Å². The molecule has 1 heterocycles. The molecular formula is C14H27N3S. The quantitative estimate of drug-likeness (QED) is 0.894. The summed E-state index contributed by atoms with van der Waals surface area (Å²) in [6, 6.07) is 0. The topological polar surface area (TPSA) is 42.2 Å². The summed E-state index contributed by atoms with van der Waals surface area (Å²) in [7, 11) is 2.13. The maximum atomic E-state index is 5.77. The van der Waals surface area contributed by atoms with E-state index in [0.29, 0.717) is 6.54 Å². The van der Waals surface area contributed by atoms with Crippen molar-refractivity contribution in [1.82, 2.24) is 9.88 Å². The van der Waals surface area contributed by atoms with Crippen LogP contribution in [0.4, 0.5) is 0 Å². The van der Waals surface area contributed by atoms with Gasteiger partial charge in [0.2, 0.25) is 0 Å². The largest absolute Gasteiger partial charge is 0.330 e. The van der Waals surface area contributed by atoms with Gasteiger partial charge in [-0.2, -0.15) is 0 Å². The summed E-state index contributed by atoms with van der Waals surface area (Å²) < 4.78 is 0. The first-order chi connectivity index (χ1) is 8.14. The van der Waals surface area contributed by atoms with Gasteiger partial charge in [-0.1, -0.05) is 34.6 Å². The lowest BCUT2D eigenvalue weighted by Crippen LogP contribution is -2.36. The van der Waals surface area contributed by atoms with Crippen molar-refractivity contribution in [2.24, 2.45) is 11.1 Å². The Morgan fingerprint density at radius 1 is 1.28 bits per heavy atom. The molecule has 1 rings (SSSR count). The Morgan fingerprint density at radius 2 is 1.89 bits per heavy atom. The molecule has 1 aromatic rings. The molecule has 0 aliphatic carbocycles. The number of hydrogen-bond acceptors (Lipinski definition) is 4. The van der Waals surface area contributed by atoms with Crippen LogP contribution in [0, 0.1) is 5.41 Å². The predicted molar refractivity (Wildman–Crippen MR) is 80.0 cm³/mol. The Morgan fingerprint density at radius 3 is 2.33 bits per heavy atom. The zero-order valence-corrected chi connectivity index (χ0v) is 13.4. The van der Waals surface area contributed by atoms with E-state index in [4.69, 9.17) is 5.73 Å². The molecule has 0 spiro atoms. The van der Waals surface area contributed by atoms with Crippen LogP contribution in [0.25, 0.3) is 0 Å². The summed E-state index contributed by atoms with van der Waals surface area (Å²) in [6.45, 7) is 13.7. The van der Waals surface area contributed by atoms with Crippen LogP contribution in [0.2, 0.25) is 0 Å². The van der Waals surface area contributed by atoms with Crippen LogP contribution in [0.1, 0.15) is 44.5 Å². The van der Waals surface area contributed by atoms with Crippen molar-refractivity contribution in [3.63, 3.8) is 0 Å². The van der Waals surface area contributed by atoms with E-state index >= 15 is 0 Å². The molecule has 0 saturated heterocycles. The van der Waals surface area contributed by atoms with Crippen molar-refractivity contribution in [1.29, 1.82) is 0 Å². The highest BCUT2D eigenvalue weighted by Crippen LogP contribution is 2.28. The molecule has 0 atom stereocenters. The van der Waals surface area contributed by atoms with Crippen molar-refractivity contribution in [2.45, 2.75) is 46.6 Å².